The highest BCUT2D eigenvalue weighted by Gasteiger charge is 2.54. The Hall–Kier alpha value is -7.78. The lowest BCUT2D eigenvalue weighted by molar-refractivity contribution is -0.275. The van der Waals surface area contributed by atoms with Crippen LogP contribution in [0.5, 0.6) is 17.2 Å². The Labute approximate surface area is 340 Å². The summed E-state index contributed by atoms with van der Waals surface area (Å²) in [5.74, 6) is -5.83. The number of hydrogen-bond acceptors (Lipinski definition) is 15. The third-order valence-electron chi connectivity index (χ3n) is 9.05. The molecule has 0 spiro atoms. The Bertz CT molecular complexity index is 2560. The summed E-state index contributed by atoms with van der Waals surface area (Å²) in [6.45, 7) is 0.442. The molecule has 0 radical (unpaired) electrons. The van der Waals surface area contributed by atoms with Gasteiger partial charge >= 0.3 is 35.5 Å². The second-order valence-electron chi connectivity index (χ2n) is 13.2. The van der Waals surface area contributed by atoms with Crippen LogP contribution in [0.1, 0.15) is 48.4 Å². The molecule has 1 saturated heterocycles. The van der Waals surface area contributed by atoms with Crippen LogP contribution in [0.2, 0.25) is 0 Å². The van der Waals surface area contributed by atoms with Crippen LogP contribution in [-0.4, -0.2) is 72.3 Å². The maximum absolute atomic E-state index is 13.9. The molecule has 0 saturated carbocycles. The van der Waals surface area contributed by atoms with E-state index >= 15 is 0 Å². The zero-order valence-electron chi connectivity index (χ0n) is 31.5. The van der Waals surface area contributed by atoms with Gasteiger partial charge in [-0.1, -0.05) is 72.8 Å². The number of esters is 5. The van der Waals surface area contributed by atoms with Crippen molar-refractivity contribution in [2.75, 3.05) is 6.61 Å². The highest BCUT2D eigenvalue weighted by Crippen LogP contribution is 2.36. The number of ether oxygens (including phenoxy) is 7. The Morgan fingerprint density at radius 3 is 1.57 bits per heavy atom. The number of aromatic hydroxyl groups is 1. The van der Waals surface area contributed by atoms with Gasteiger partial charge < -0.3 is 42.7 Å². The molecule has 60 heavy (non-hydrogen) atoms. The molecule has 1 N–H and O–H groups in total. The highest BCUT2D eigenvalue weighted by molar-refractivity contribution is 5.92. The van der Waals surface area contributed by atoms with Crippen molar-refractivity contribution in [2.45, 2.75) is 37.6 Å². The molecule has 6 aromatic rings. The molecule has 0 bridgehead atoms. The maximum atomic E-state index is 13.9. The Morgan fingerprint density at radius 1 is 0.600 bits per heavy atom. The molecule has 15 heteroatoms. The predicted molar refractivity (Wildman–Crippen MR) is 208 cm³/mol. The van der Waals surface area contributed by atoms with Crippen LogP contribution >= 0.6 is 0 Å². The molecule has 1 aromatic heterocycles. The molecular weight excluding hydrogens is 780 g/mol. The lowest BCUT2D eigenvalue weighted by Gasteiger charge is -2.44. The summed E-state index contributed by atoms with van der Waals surface area (Å²) in [5.41, 5.74) is -0.903. The minimum absolute atomic E-state index is 0.0388. The van der Waals surface area contributed by atoms with Crippen LogP contribution in [0.4, 0.5) is 0 Å². The Balaban J connectivity index is 1.32. The van der Waals surface area contributed by atoms with Crippen molar-refractivity contribution in [1.82, 2.24) is 0 Å². The maximum Gasteiger partial charge on any atom is 0.383 e. The topological polar surface area (TPSA) is 200 Å². The lowest BCUT2D eigenvalue weighted by Crippen LogP contribution is -2.63. The van der Waals surface area contributed by atoms with Gasteiger partial charge in [-0.25, -0.2) is 24.0 Å². The van der Waals surface area contributed by atoms with Gasteiger partial charge in [0.1, 0.15) is 24.0 Å². The quantitative estimate of drug-likeness (QED) is 0.0848. The first-order chi connectivity index (χ1) is 29.0. The third-order valence-corrected chi connectivity index (χ3v) is 9.05. The summed E-state index contributed by atoms with van der Waals surface area (Å²) >= 11 is 0. The number of benzene rings is 5. The number of carbonyl (C=O) groups is 5. The Kier molecular flexibility index (Phi) is 12.3. The molecule has 2 heterocycles. The number of carbonyl (C=O) groups excluding carboxylic acids is 5. The fraction of sp³-hybridized carbons (Fsp3) is 0.156. The first-order valence-electron chi connectivity index (χ1n) is 18.4. The summed E-state index contributed by atoms with van der Waals surface area (Å²) in [6, 6.07) is 35.4. The zero-order chi connectivity index (χ0) is 42.2. The van der Waals surface area contributed by atoms with E-state index in [2.05, 4.69) is 0 Å². The van der Waals surface area contributed by atoms with Crippen molar-refractivity contribution < 1.29 is 66.7 Å². The first kappa shape index (κ1) is 40.4. The smallest absolute Gasteiger partial charge is 0.383 e. The predicted octanol–water partition coefficient (Wildman–Crippen LogP) is 6.06. The zero-order valence-corrected chi connectivity index (χ0v) is 31.5. The van der Waals surface area contributed by atoms with Crippen molar-refractivity contribution in [1.29, 1.82) is 0 Å². The van der Waals surface area contributed by atoms with Gasteiger partial charge in [-0.2, -0.15) is 0 Å². The summed E-state index contributed by atoms with van der Waals surface area (Å²) in [7, 11) is 0. The minimum atomic E-state index is -1.73. The number of hydrogen-bond donors (Lipinski definition) is 1. The van der Waals surface area contributed by atoms with Crippen LogP contribution in [-0.2, 0) is 28.5 Å². The van der Waals surface area contributed by atoms with Crippen LogP contribution in [0.15, 0.2) is 149 Å². The minimum Gasteiger partial charge on any atom is -0.504 e. The molecule has 0 amide bonds. The molecule has 15 nitrogen and oxygen atoms in total. The van der Waals surface area contributed by atoms with Crippen LogP contribution in [0, 0.1) is 0 Å². The monoisotopic (exact) mass is 814 g/mol. The second-order valence-corrected chi connectivity index (χ2v) is 13.2. The normalized spacial score (nSPS) is 18.4. The van der Waals surface area contributed by atoms with E-state index in [1.54, 1.807) is 72.8 Å². The Morgan fingerprint density at radius 2 is 1.07 bits per heavy atom. The van der Waals surface area contributed by atoms with Crippen molar-refractivity contribution in [3.05, 3.63) is 172 Å². The van der Waals surface area contributed by atoms with Crippen molar-refractivity contribution >= 4 is 40.8 Å². The summed E-state index contributed by atoms with van der Waals surface area (Å²) in [6.07, 6.45) is -8.22. The molecule has 0 unspecified atom stereocenters. The molecule has 5 aromatic carbocycles. The van der Waals surface area contributed by atoms with Crippen molar-refractivity contribution in [3.63, 3.8) is 0 Å². The van der Waals surface area contributed by atoms with Crippen LogP contribution in [0.3, 0.4) is 0 Å². The van der Waals surface area contributed by atoms with E-state index in [1.807, 2.05) is 0 Å². The molecule has 1 aliphatic rings. The van der Waals surface area contributed by atoms with E-state index in [-0.39, 0.29) is 39.0 Å². The molecule has 1 fully saturated rings. The number of fused-ring (bicyclic) bond motifs is 1. The molecule has 0 aliphatic carbocycles. The van der Waals surface area contributed by atoms with Gasteiger partial charge in [-0.15, -0.1) is 0 Å². The van der Waals surface area contributed by atoms with Gasteiger partial charge in [0.25, 0.3) is 5.75 Å². The molecule has 304 valence electrons. The van der Waals surface area contributed by atoms with Gasteiger partial charge in [0.05, 0.1) is 27.6 Å². The van der Waals surface area contributed by atoms with Gasteiger partial charge in [0.2, 0.25) is 12.4 Å². The van der Waals surface area contributed by atoms with E-state index < -0.39 is 84.3 Å². The van der Waals surface area contributed by atoms with E-state index in [9.17, 15) is 33.9 Å². The third kappa shape index (κ3) is 9.33. The average Bonchev–Trinajstić information content (AvgIpc) is 3.27. The van der Waals surface area contributed by atoms with Gasteiger partial charge in [-0.3, -0.25) is 4.79 Å². The molecule has 7 rings (SSSR count). The van der Waals surface area contributed by atoms with E-state index in [4.69, 9.17) is 37.6 Å². The second kappa shape index (κ2) is 18.2. The van der Waals surface area contributed by atoms with E-state index in [0.29, 0.717) is 0 Å². The average molecular weight is 815 g/mol. The van der Waals surface area contributed by atoms with Crippen LogP contribution in [0.25, 0.3) is 11.0 Å². The lowest BCUT2D eigenvalue weighted by atomic mass is 9.97. The van der Waals surface area contributed by atoms with Gasteiger partial charge in [0.15, 0.2) is 18.0 Å². The standard InChI is InChI=1S/C45H34O15/c1-26(46)54-37-35(47)32-23-22-31(24-33(32)56-44(37)52)55-45-39(60-43(51)30-20-12-5-13-21-30)38(59-42(50)29-18-10-4-11-19-29)36(58-41(49)28-16-8-3-9-17-28)34(57-45)25-53-40(48)27-14-6-2-7-15-27/h2-24,34,36,38-39,45,47H,25H2,1H3/t34-,36+,38+,39-,45-/m1/s1. The molecular formula is C45H34O15. The van der Waals surface area contributed by atoms with E-state index in [1.165, 1.54) is 66.7 Å². The highest BCUT2D eigenvalue weighted by atomic mass is 16.7. The fourth-order valence-electron chi connectivity index (χ4n) is 6.21. The molecule has 1 aliphatic heterocycles. The van der Waals surface area contributed by atoms with Gasteiger partial charge in [0, 0.05) is 13.0 Å². The van der Waals surface area contributed by atoms with Gasteiger partial charge in [-0.05, 0) is 60.7 Å². The summed E-state index contributed by atoms with van der Waals surface area (Å²) < 4.78 is 46.6. The van der Waals surface area contributed by atoms with Crippen molar-refractivity contribution in [3.8, 4) is 17.2 Å². The van der Waals surface area contributed by atoms with E-state index in [0.717, 1.165) is 6.92 Å². The summed E-state index contributed by atoms with van der Waals surface area (Å²) in [5, 5.41) is 10.7. The molecule has 5 atom stereocenters. The first-order valence-corrected chi connectivity index (χ1v) is 18.4. The SMILES string of the molecule is CC(=O)Oc1c(O)c2ccc(O[C@@H]3O[C@H](COC(=O)c4ccccc4)[C@H](OC(=O)c4ccccc4)[C@H](OC(=O)c4ccccc4)[C@H]3OC(=O)c3ccccc3)cc2oc1=O. The fourth-order valence-corrected chi connectivity index (χ4v) is 6.21. The van der Waals surface area contributed by atoms with Crippen LogP contribution < -0.4 is 15.1 Å². The summed E-state index contributed by atoms with van der Waals surface area (Å²) in [4.78, 5) is 78.9. The largest absolute Gasteiger partial charge is 0.504 e. The van der Waals surface area contributed by atoms with Crippen molar-refractivity contribution in [2.24, 2.45) is 0 Å². The number of rotatable bonds is 12.